The normalized spacial score (nSPS) is 14.8. The van der Waals surface area contributed by atoms with Crippen LogP contribution in [0.4, 0.5) is 10.1 Å². The van der Waals surface area contributed by atoms with Gasteiger partial charge in [0.05, 0.1) is 14.2 Å². The van der Waals surface area contributed by atoms with E-state index in [-0.39, 0.29) is 23.8 Å². The second-order valence-corrected chi connectivity index (χ2v) is 8.95. The molecule has 3 rings (SSSR count). The number of rotatable bonds is 8. The molecule has 1 saturated carbocycles. The topological polar surface area (TPSA) is 59.6 Å². The van der Waals surface area contributed by atoms with E-state index in [1.807, 2.05) is 39.8 Å². The van der Waals surface area contributed by atoms with Gasteiger partial charge in [0.2, 0.25) is 5.91 Å². The average Bonchev–Trinajstić information content (AvgIpc) is 3.30. The summed E-state index contributed by atoms with van der Waals surface area (Å²) in [7, 11) is 3.13. The number of amides is 1. The first kappa shape index (κ1) is 24.6. The maximum Gasteiger partial charge on any atom is 0.247 e. The van der Waals surface area contributed by atoms with E-state index < -0.39 is 0 Å². The Kier molecular flexibility index (Phi) is 8.01. The molecule has 178 valence electrons. The van der Waals surface area contributed by atoms with Gasteiger partial charge in [-0.25, -0.2) is 4.39 Å². The van der Waals surface area contributed by atoms with Gasteiger partial charge >= 0.3 is 0 Å². The highest BCUT2D eigenvalue weighted by Crippen LogP contribution is 2.41. The number of methoxy groups -OCH3 is 2. The molecule has 1 fully saturated rings. The lowest BCUT2D eigenvalue weighted by molar-refractivity contribution is -0.118. The van der Waals surface area contributed by atoms with Gasteiger partial charge in [0.25, 0.3) is 0 Å². The molecule has 5 nitrogen and oxygen atoms in total. The number of carbonyl (C=O) groups excluding carboxylic acids is 1. The Balaban J connectivity index is 2.00. The Morgan fingerprint density at radius 1 is 1.00 bits per heavy atom. The molecule has 0 heterocycles. The number of nitrogens with one attached hydrogen (secondary N) is 2. The van der Waals surface area contributed by atoms with Crippen molar-refractivity contribution in [3.8, 4) is 22.6 Å². The second kappa shape index (κ2) is 10.7. The zero-order valence-electron chi connectivity index (χ0n) is 20.5. The summed E-state index contributed by atoms with van der Waals surface area (Å²) in [6.07, 6.45) is 4.37. The number of allylic oxidation sites excluding steroid dienone is 1. The highest BCUT2D eigenvalue weighted by atomic mass is 19.1. The van der Waals surface area contributed by atoms with Gasteiger partial charge in [-0.05, 0) is 76.4 Å². The van der Waals surface area contributed by atoms with Gasteiger partial charge in [-0.2, -0.15) is 0 Å². The van der Waals surface area contributed by atoms with E-state index in [1.54, 1.807) is 26.4 Å². The van der Waals surface area contributed by atoms with E-state index in [0.29, 0.717) is 28.2 Å². The lowest BCUT2D eigenvalue weighted by Gasteiger charge is -2.19. The minimum Gasteiger partial charge on any atom is -0.496 e. The van der Waals surface area contributed by atoms with Crippen molar-refractivity contribution in [2.75, 3.05) is 19.5 Å². The first-order valence-electron chi connectivity index (χ1n) is 11.6. The van der Waals surface area contributed by atoms with E-state index >= 15 is 4.39 Å². The van der Waals surface area contributed by atoms with Gasteiger partial charge in [0.1, 0.15) is 17.3 Å². The van der Waals surface area contributed by atoms with E-state index in [1.165, 1.54) is 6.07 Å². The maximum atomic E-state index is 15.0. The van der Waals surface area contributed by atoms with Crippen LogP contribution in [0.15, 0.2) is 35.9 Å². The Bertz CT molecular complexity index is 1040. The van der Waals surface area contributed by atoms with Crippen LogP contribution >= 0.6 is 0 Å². The quantitative estimate of drug-likeness (QED) is 0.468. The first-order chi connectivity index (χ1) is 15.7. The van der Waals surface area contributed by atoms with Gasteiger partial charge in [0.15, 0.2) is 0 Å². The monoisotopic (exact) mass is 454 g/mol. The van der Waals surface area contributed by atoms with Gasteiger partial charge in [-0.3, -0.25) is 4.79 Å². The smallest absolute Gasteiger partial charge is 0.247 e. The molecule has 6 heteroatoms. The predicted molar refractivity (Wildman–Crippen MR) is 132 cm³/mol. The molecule has 1 aliphatic carbocycles. The Morgan fingerprint density at radius 3 is 2.24 bits per heavy atom. The zero-order chi connectivity index (χ0) is 24.1. The second-order valence-electron chi connectivity index (χ2n) is 8.95. The summed E-state index contributed by atoms with van der Waals surface area (Å²) in [5, 5.41) is 6.34. The molecule has 2 aromatic rings. The van der Waals surface area contributed by atoms with Crippen LogP contribution in [0.1, 0.15) is 58.9 Å². The number of hydrogen-bond acceptors (Lipinski definition) is 4. The summed E-state index contributed by atoms with van der Waals surface area (Å²) in [4.78, 5) is 12.8. The minimum absolute atomic E-state index is 0.0659. The van der Waals surface area contributed by atoms with Crippen molar-refractivity contribution in [3.63, 3.8) is 0 Å². The van der Waals surface area contributed by atoms with Crippen molar-refractivity contribution in [1.29, 1.82) is 0 Å². The molecule has 0 aromatic heterocycles. The Labute approximate surface area is 196 Å². The molecule has 0 bridgehead atoms. The van der Waals surface area contributed by atoms with Crippen molar-refractivity contribution >= 4 is 17.2 Å². The van der Waals surface area contributed by atoms with Gasteiger partial charge in [-0.15, -0.1) is 0 Å². The van der Waals surface area contributed by atoms with Gasteiger partial charge in [0, 0.05) is 40.0 Å². The fourth-order valence-electron chi connectivity index (χ4n) is 4.29. The fourth-order valence-corrected chi connectivity index (χ4v) is 4.29. The number of carbonyl (C=O) groups is 1. The van der Waals surface area contributed by atoms with Gasteiger partial charge in [-0.1, -0.05) is 12.8 Å². The van der Waals surface area contributed by atoms with Crippen LogP contribution in [0.3, 0.4) is 0 Å². The van der Waals surface area contributed by atoms with Crippen LogP contribution in [0.2, 0.25) is 0 Å². The van der Waals surface area contributed by atoms with Crippen LogP contribution in [-0.4, -0.2) is 32.2 Å². The third kappa shape index (κ3) is 5.67. The standard InChI is InChI=1S/C27H35FN2O3/c1-16(2)29-20-11-12-21(24(28)13-20)23-15-25(32-5)22(14-26(23)33-6)17(3)18(4)27(31)30-19-9-7-8-10-19/h11-16,19,29H,7-10H2,1-6H3,(H,30,31). The molecular formula is C27H35FN2O3. The summed E-state index contributed by atoms with van der Waals surface area (Å²) in [5.74, 6) is 0.648. The SMILES string of the molecule is COc1cc(-c2ccc(NC(C)C)cc2F)c(OC)cc1C(C)=C(C)C(=O)NC1CCCC1. The number of anilines is 1. The van der Waals surface area contributed by atoms with Crippen LogP contribution in [0.25, 0.3) is 16.7 Å². The molecule has 33 heavy (non-hydrogen) atoms. The van der Waals surface area contributed by atoms with E-state index in [9.17, 15) is 4.79 Å². The van der Waals surface area contributed by atoms with Crippen molar-refractivity contribution in [3.05, 3.63) is 47.3 Å². The Hall–Kier alpha value is -3.02. The third-order valence-corrected chi connectivity index (χ3v) is 6.23. The van der Waals surface area contributed by atoms with E-state index in [4.69, 9.17) is 9.47 Å². The number of halogens is 1. The van der Waals surface area contributed by atoms with E-state index in [0.717, 1.165) is 42.5 Å². The van der Waals surface area contributed by atoms with Gasteiger partial charge < -0.3 is 20.1 Å². The molecule has 0 radical (unpaired) electrons. The summed E-state index contributed by atoms with van der Waals surface area (Å²) in [5.41, 5.74) is 3.90. The molecule has 0 saturated heterocycles. The van der Waals surface area contributed by atoms with Crippen LogP contribution in [0.5, 0.6) is 11.5 Å². The van der Waals surface area contributed by atoms with Crippen molar-refractivity contribution < 1.29 is 18.7 Å². The molecule has 0 atom stereocenters. The van der Waals surface area contributed by atoms with E-state index in [2.05, 4.69) is 10.6 Å². The first-order valence-corrected chi connectivity index (χ1v) is 11.6. The largest absolute Gasteiger partial charge is 0.496 e. The molecule has 1 aliphatic rings. The Morgan fingerprint density at radius 2 is 1.67 bits per heavy atom. The predicted octanol–water partition coefficient (Wildman–Crippen LogP) is 6.18. The molecule has 2 aromatic carbocycles. The van der Waals surface area contributed by atoms with Crippen LogP contribution in [-0.2, 0) is 4.79 Å². The van der Waals surface area contributed by atoms with Crippen molar-refractivity contribution in [1.82, 2.24) is 5.32 Å². The van der Waals surface area contributed by atoms with Crippen LogP contribution < -0.4 is 20.1 Å². The molecular weight excluding hydrogens is 419 g/mol. The number of ether oxygens (including phenoxy) is 2. The highest BCUT2D eigenvalue weighted by Gasteiger charge is 2.22. The molecule has 1 amide bonds. The molecule has 0 spiro atoms. The van der Waals surface area contributed by atoms with Crippen molar-refractivity contribution in [2.45, 2.75) is 65.5 Å². The fraction of sp³-hybridized carbons (Fsp3) is 0.444. The lowest BCUT2D eigenvalue weighted by atomic mass is 9.95. The zero-order valence-corrected chi connectivity index (χ0v) is 20.5. The summed E-state index contributed by atoms with van der Waals surface area (Å²) in [6, 6.07) is 9.10. The number of hydrogen-bond donors (Lipinski definition) is 2. The number of benzene rings is 2. The molecule has 0 unspecified atom stereocenters. The minimum atomic E-state index is -0.354. The summed E-state index contributed by atoms with van der Waals surface area (Å²) < 4.78 is 26.3. The van der Waals surface area contributed by atoms with Crippen molar-refractivity contribution in [2.24, 2.45) is 0 Å². The van der Waals surface area contributed by atoms with Crippen LogP contribution in [0, 0.1) is 5.82 Å². The summed E-state index contributed by atoms with van der Waals surface area (Å²) in [6.45, 7) is 7.72. The average molecular weight is 455 g/mol. The summed E-state index contributed by atoms with van der Waals surface area (Å²) >= 11 is 0. The third-order valence-electron chi connectivity index (χ3n) is 6.23. The molecule has 0 aliphatic heterocycles. The highest BCUT2D eigenvalue weighted by molar-refractivity contribution is 6.01. The lowest BCUT2D eigenvalue weighted by Crippen LogP contribution is -2.33. The molecule has 2 N–H and O–H groups in total. The maximum absolute atomic E-state index is 15.0.